The Labute approximate surface area is 217 Å². The molecule has 0 radical (unpaired) electrons. The number of hydrogen-bond donors (Lipinski definition) is 3. The van der Waals surface area contributed by atoms with Gasteiger partial charge in [0.15, 0.2) is 0 Å². The molecule has 0 unspecified atom stereocenters. The number of halogens is 1. The number of nitrogens with zero attached hydrogens (tertiary/aromatic N) is 3. The van der Waals surface area contributed by atoms with E-state index in [1.807, 2.05) is 4.90 Å². The van der Waals surface area contributed by atoms with E-state index in [4.69, 9.17) is 9.72 Å². The molecule has 0 fully saturated rings. The van der Waals surface area contributed by atoms with E-state index in [2.05, 4.69) is 27.8 Å². The number of alkyl halides is 1. The third-order valence-electron chi connectivity index (χ3n) is 6.53. The topological polar surface area (TPSA) is 117 Å². The highest BCUT2D eigenvalue weighted by molar-refractivity contribution is 5.84. The first-order chi connectivity index (χ1) is 18.0. The Hall–Kier alpha value is -3.11. The first-order valence-corrected chi connectivity index (χ1v) is 12.9. The summed E-state index contributed by atoms with van der Waals surface area (Å²) in [5, 5.41) is 15.6. The van der Waals surface area contributed by atoms with E-state index in [0.717, 1.165) is 50.2 Å². The highest BCUT2D eigenvalue weighted by Crippen LogP contribution is 2.20. The Morgan fingerprint density at radius 3 is 2.86 bits per heavy atom. The van der Waals surface area contributed by atoms with Crippen molar-refractivity contribution in [2.75, 3.05) is 45.3 Å². The summed E-state index contributed by atoms with van der Waals surface area (Å²) in [6, 6.07) is 6.69. The monoisotopic (exact) mass is 515 g/mol. The fourth-order valence-corrected chi connectivity index (χ4v) is 4.42. The van der Waals surface area contributed by atoms with Gasteiger partial charge < -0.3 is 25.4 Å². The second-order valence-electron chi connectivity index (χ2n) is 9.40. The fourth-order valence-electron chi connectivity index (χ4n) is 4.42. The van der Waals surface area contributed by atoms with Crippen molar-refractivity contribution in [2.24, 2.45) is 0 Å². The van der Waals surface area contributed by atoms with Crippen LogP contribution in [-0.2, 0) is 33.6 Å². The van der Waals surface area contributed by atoms with Crippen molar-refractivity contribution in [1.82, 2.24) is 20.2 Å². The van der Waals surface area contributed by atoms with Gasteiger partial charge in [0, 0.05) is 44.8 Å². The second kappa shape index (κ2) is 15.2. The molecule has 2 aromatic rings. The van der Waals surface area contributed by atoms with Crippen LogP contribution in [0.5, 0.6) is 0 Å². The van der Waals surface area contributed by atoms with E-state index >= 15 is 0 Å². The van der Waals surface area contributed by atoms with E-state index < -0.39 is 24.8 Å². The summed E-state index contributed by atoms with van der Waals surface area (Å²) in [6.07, 6.45) is 7.63. The van der Waals surface area contributed by atoms with Gasteiger partial charge in [-0.15, -0.1) is 0 Å². The van der Waals surface area contributed by atoms with Crippen molar-refractivity contribution in [1.29, 1.82) is 0 Å². The fraction of sp³-hybridized carbons (Fsp3) is 0.556. The Morgan fingerprint density at radius 2 is 2.14 bits per heavy atom. The summed E-state index contributed by atoms with van der Waals surface area (Å²) >= 11 is 0. The number of anilines is 1. The number of ether oxygens (including phenoxy) is 1. The van der Waals surface area contributed by atoms with E-state index in [-0.39, 0.29) is 18.7 Å². The number of aryl methyl sites for hydroxylation is 2. The maximum atomic E-state index is 13.3. The van der Waals surface area contributed by atoms with Crippen molar-refractivity contribution in [3.05, 3.63) is 53.5 Å². The van der Waals surface area contributed by atoms with Gasteiger partial charge in [-0.2, -0.15) is 0 Å². The van der Waals surface area contributed by atoms with Crippen LogP contribution >= 0.6 is 0 Å². The summed E-state index contributed by atoms with van der Waals surface area (Å²) in [5.41, 5.74) is 3.01. The Kier molecular flexibility index (Phi) is 11.7. The van der Waals surface area contributed by atoms with Gasteiger partial charge >= 0.3 is 5.97 Å². The maximum absolute atomic E-state index is 13.3. The van der Waals surface area contributed by atoms with Gasteiger partial charge in [-0.05, 0) is 68.3 Å². The number of carboxylic acid groups (broad SMARTS) is 1. The van der Waals surface area contributed by atoms with Crippen LogP contribution in [0.3, 0.4) is 0 Å². The highest BCUT2D eigenvalue weighted by Gasteiger charge is 2.22. The van der Waals surface area contributed by atoms with Crippen molar-refractivity contribution >= 4 is 17.7 Å². The van der Waals surface area contributed by atoms with E-state index in [1.165, 1.54) is 12.7 Å². The maximum Gasteiger partial charge on any atom is 0.326 e. The first-order valence-electron chi connectivity index (χ1n) is 12.9. The van der Waals surface area contributed by atoms with Crippen molar-refractivity contribution in [3.8, 4) is 0 Å². The number of carboxylic acids is 1. The molecule has 1 aliphatic rings. The lowest BCUT2D eigenvalue weighted by Crippen LogP contribution is -2.45. The predicted octanol–water partition coefficient (Wildman–Crippen LogP) is 2.65. The SMILES string of the molecule is CO[C@H](CF)CN(CCCCc1ccc2c(n1)NCCC2)CC[C@H](NC(=O)Cc1cccnc1)C(=O)O. The molecule has 2 aromatic heterocycles. The molecule has 1 aliphatic heterocycles. The number of hydrogen-bond acceptors (Lipinski definition) is 7. The minimum absolute atomic E-state index is 0.0567. The Balaban J connectivity index is 1.50. The van der Waals surface area contributed by atoms with Crippen LogP contribution in [0.15, 0.2) is 36.7 Å². The molecule has 1 amide bonds. The van der Waals surface area contributed by atoms with Gasteiger partial charge in [0.1, 0.15) is 18.5 Å². The van der Waals surface area contributed by atoms with Crippen LogP contribution in [-0.4, -0.2) is 84.0 Å². The molecule has 9 nitrogen and oxygen atoms in total. The smallest absolute Gasteiger partial charge is 0.326 e. The molecule has 0 aliphatic carbocycles. The molecule has 0 saturated heterocycles. The third kappa shape index (κ3) is 9.70. The van der Waals surface area contributed by atoms with Gasteiger partial charge in [0.25, 0.3) is 0 Å². The number of rotatable bonds is 16. The molecule has 37 heavy (non-hydrogen) atoms. The van der Waals surface area contributed by atoms with E-state index in [0.29, 0.717) is 25.2 Å². The molecular formula is C27H38FN5O4. The number of carbonyl (C=O) groups is 2. The summed E-state index contributed by atoms with van der Waals surface area (Å²) in [5.74, 6) is -0.487. The predicted molar refractivity (Wildman–Crippen MR) is 139 cm³/mol. The summed E-state index contributed by atoms with van der Waals surface area (Å²) in [6.45, 7) is 1.74. The Morgan fingerprint density at radius 1 is 1.27 bits per heavy atom. The number of amides is 1. The summed E-state index contributed by atoms with van der Waals surface area (Å²) in [4.78, 5) is 34.9. The van der Waals surface area contributed by atoms with Crippen LogP contribution in [0.25, 0.3) is 0 Å². The minimum Gasteiger partial charge on any atom is -0.480 e. The number of aliphatic carboxylic acids is 1. The van der Waals surface area contributed by atoms with Gasteiger partial charge in [-0.3, -0.25) is 9.78 Å². The molecule has 3 rings (SSSR count). The molecule has 0 saturated carbocycles. The molecule has 202 valence electrons. The van der Waals surface area contributed by atoms with Gasteiger partial charge in [0.2, 0.25) is 5.91 Å². The number of fused-ring (bicyclic) bond motifs is 1. The van der Waals surface area contributed by atoms with Crippen LogP contribution in [0.4, 0.5) is 10.2 Å². The zero-order chi connectivity index (χ0) is 26.5. The van der Waals surface area contributed by atoms with Crippen molar-refractivity contribution in [3.63, 3.8) is 0 Å². The average Bonchev–Trinajstić information content (AvgIpc) is 2.91. The van der Waals surface area contributed by atoms with Crippen molar-refractivity contribution in [2.45, 2.75) is 57.1 Å². The van der Waals surface area contributed by atoms with Crippen LogP contribution in [0.1, 0.15) is 42.5 Å². The summed E-state index contributed by atoms with van der Waals surface area (Å²) in [7, 11) is 1.47. The molecule has 2 atom stereocenters. The average molecular weight is 516 g/mol. The first kappa shape index (κ1) is 28.5. The molecular weight excluding hydrogens is 477 g/mol. The van der Waals surface area contributed by atoms with Crippen LogP contribution < -0.4 is 10.6 Å². The number of unbranched alkanes of at least 4 members (excludes halogenated alkanes) is 1. The standard InChI is InChI=1S/C27H38FN5O4/c1-37-23(17-28)19-33(14-3-2-8-22-10-9-21-7-5-13-30-26(21)31-22)15-11-24(27(35)36)32-25(34)16-20-6-4-12-29-18-20/h4,6,9-10,12,18,23-24H,2-3,5,7-8,11,13-17,19H2,1H3,(H,30,31)(H,32,34)(H,35,36)/t23-,24+/m1/s1. The third-order valence-corrected chi connectivity index (χ3v) is 6.53. The zero-order valence-electron chi connectivity index (χ0n) is 21.5. The van der Waals surface area contributed by atoms with Gasteiger partial charge in [-0.1, -0.05) is 12.1 Å². The lowest BCUT2D eigenvalue weighted by Gasteiger charge is -2.27. The summed E-state index contributed by atoms with van der Waals surface area (Å²) < 4.78 is 18.6. The lowest BCUT2D eigenvalue weighted by atomic mass is 10.1. The van der Waals surface area contributed by atoms with E-state index in [1.54, 1.807) is 24.5 Å². The van der Waals surface area contributed by atoms with Gasteiger partial charge in [0.05, 0.1) is 12.5 Å². The quantitative estimate of drug-likeness (QED) is 0.292. The lowest BCUT2D eigenvalue weighted by molar-refractivity contribution is -0.142. The zero-order valence-corrected chi connectivity index (χ0v) is 21.5. The van der Waals surface area contributed by atoms with Gasteiger partial charge in [-0.25, -0.2) is 14.2 Å². The largest absolute Gasteiger partial charge is 0.480 e. The van der Waals surface area contributed by atoms with E-state index in [9.17, 15) is 19.1 Å². The second-order valence-corrected chi connectivity index (χ2v) is 9.40. The Bertz CT molecular complexity index is 990. The molecule has 10 heteroatoms. The number of methoxy groups -OCH3 is 1. The normalized spacial score (nSPS) is 14.5. The van der Waals surface area contributed by atoms with Crippen molar-refractivity contribution < 1.29 is 23.8 Å². The highest BCUT2D eigenvalue weighted by atomic mass is 19.1. The molecule has 3 N–H and O–H groups in total. The number of carbonyl (C=O) groups excluding carboxylic acids is 1. The number of aromatic nitrogens is 2. The molecule has 0 spiro atoms. The van der Waals surface area contributed by atoms with Crippen LogP contribution in [0, 0.1) is 0 Å². The molecule has 0 aromatic carbocycles. The molecule has 0 bridgehead atoms. The van der Waals surface area contributed by atoms with Crippen LogP contribution in [0.2, 0.25) is 0 Å². The molecule has 3 heterocycles. The number of pyridine rings is 2. The minimum atomic E-state index is -1.10. The number of nitrogens with one attached hydrogen (secondary N) is 2.